The molecule has 0 aromatic heterocycles. The van der Waals surface area contributed by atoms with Gasteiger partial charge in [-0.15, -0.1) is 0 Å². The number of benzene rings is 2. The molecule has 0 amide bonds. The van der Waals surface area contributed by atoms with Crippen molar-refractivity contribution in [3.8, 4) is 28.4 Å². The summed E-state index contributed by atoms with van der Waals surface area (Å²) >= 11 is 0. The van der Waals surface area contributed by atoms with Crippen LogP contribution in [0.4, 0.5) is 5.69 Å². The summed E-state index contributed by atoms with van der Waals surface area (Å²) in [5, 5.41) is 0. The molecule has 6 nitrogen and oxygen atoms in total. The van der Waals surface area contributed by atoms with Crippen LogP contribution in [-0.2, 0) is 0 Å². The number of ether oxygens (including phenoxy) is 3. The zero-order valence-corrected chi connectivity index (χ0v) is 17.0. The third-order valence-corrected chi connectivity index (χ3v) is 5.12. The summed E-state index contributed by atoms with van der Waals surface area (Å²) in [5.41, 5.74) is 9.04. The van der Waals surface area contributed by atoms with Gasteiger partial charge in [0.05, 0.1) is 25.0 Å². The van der Waals surface area contributed by atoms with Gasteiger partial charge in [-0.3, -0.25) is 4.79 Å². The van der Waals surface area contributed by atoms with Crippen molar-refractivity contribution in [1.29, 1.82) is 0 Å². The summed E-state index contributed by atoms with van der Waals surface area (Å²) in [5.74, 6) is 1.56. The normalized spacial score (nSPS) is 12.1. The number of hydrogen-bond acceptors (Lipinski definition) is 6. The first-order chi connectivity index (χ1) is 13.6. The number of nitrogens with zero attached hydrogens (tertiary/aromatic N) is 1. The van der Waals surface area contributed by atoms with Gasteiger partial charge in [-0.2, -0.15) is 0 Å². The lowest BCUT2D eigenvalue weighted by Gasteiger charge is -2.19. The van der Waals surface area contributed by atoms with Crippen molar-refractivity contribution in [2.45, 2.75) is 20.8 Å². The second-order valence-corrected chi connectivity index (χ2v) is 6.56. The molecule has 0 spiro atoms. The minimum Gasteiger partial charge on any atom is -0.494 e. The fourth-order valence-electron chi connectivity index (χ4n) is 3.63. The average Bonchev–Trinajstić information content (AvgIpc) is 3.02. The van der Waals surface area contributed by atoms with Crippen LogP contribution in [0, 0.1) is 0 Å². The Bertz CT molecular complexity index is 875. The molecule has 2 N–H and O–H groups in total. The standard InChI is InChI=1S/C22H28N2O4/c1-5-24(6-2)11-12-28-15-10-8-9-14-18(15)19-16(27-7-3)13-17(26-4)21(23)20(19)22(14)25/h8-10,13H,5-7,11-12,23H2,1-4H3. The molecule has 0 atom stereocenters. The van der Waals surface area contributed by atoms with E-state index in [0.29, 0.717) is 52.8 Å². The molecule has 1 aliphatic rings. The van der Waals surface area contributed by atoms with Gasteiger partial charge in [-0.1, -0.05) is 26.0 Å². The van der Waals surface area contributed by atoms with Crippen LogP contribution in [0.25, 0.3) is 11.1 Å². The zero-order valence-electron chi connectivity index (χ0n) is 17.0. The molecular weight excluding hydrogens is 356 g/mol. The molecule has 6 heteroatoms. The highest BCUT2D eigenvalue weighted by atomic mass is 16.5. The van der Waals surface area contributed by atoms with Gasteiger partial charge in [0, 0.05) is 29.3 Å². The van der Waals surface area contributed by atoms with E-state index in [9.17, 15) is 4.79 Å². The second kappa shape index (κ2) is 8.52. The molecule has 0 bridgehead atoms. The maximum Gasteiger partial charge on any atom is 0.196 e. The van der Waals surface area contributed by atoms with Crippen LogP contribution in [0.2, 0.25) is 0 Å². The third kappa shape index (κ3) is 3.40. The molecule has 0 fully saturated rings. The lowest BCUT2D eigenvalue weighted by Crippen LogP contribution is -2.28. The Labute approximate surface area is 166 Å². The van der Waals surface area contributed by atoms with Crippen molar-refractivity contribution in [3.05, 3.63) is 35.4 Å². The molecular formula is C22H28N2O4. The highest BCUT2D eigenvalue weighted by Gasteiger charge is 2.36. The number of fused-ring (bicyclic) bond motifs is 3. The van der Waals surface area contributed by atoms with E-state index in [2.05, 4.69) is 18.7 Å². The smallest absolute Gasteiger partial charge is 0.196 e. The quantitative estimate of drug-likeness (QED) is 0.568. The molecule has 2 aromatic rings. The van der Waals surface area contributed by atoms with Gasteiger partial charge < -0.3 is 24.8 Å². The highest BCUT2D eigenvalue weighted by Crippen LogP contribution is 2.51. The number of nitrogens with two attached hydrogens (primary N) is 1. The molecule has 0 unspecified atom stereocenters. The molecule has 0 saturated heterocycles. The molecule has 150 valence electrons. The number of ketones is 1. The Morgan fingerprint density at radius 3 is 2.36 bits per heavy atom. The lowest BCUT2D eigenvalue weighted by atomic mass is 10.0. The van der Waals surface area contributed by atoms with Crippen molar-refractivity contribution in [2.24, 2.45) is 0 Å². The number of likely N-dealkylation sites (N-methyl/N-ethyl adjacent to an activating group) is 1. The van der Waals surface area contributed by atoms with Crippen molar-refractivity contribution in [1.82, 2.24) is 4.90 Å². The lowest BCUT2D eigenvalue weighted by molar-refractivity contribution is 0.104. The average molecular weight is 384 g/mol. The number of rotatable bonds is 9. The van der Waals surface area contributed by atoms with Crippen molar-refractivity contribution < 1.29 is 19.0 Å². The summed E-state index contributed by atoms with van der Waals surface area (Å²) in [6, 6.07) is 7.27. The Balaban J connectivity index is 2.06. The number of nitrogen functional groups attached to an aromatic ring is 1. The molecule has 0 heterocycles. The SMILES string of the molecule is CCOc1cc(OC)c(N)c2c1-c1c(OCCN(CC)CC)cccc1C2=O. The fraction of sp³-hybridized carbons (Fsp3) is 0.409. The first-order valence-corrected chi connectivity index (χ1v) is 9.73. The van der Waals surface area contributed by atoms with Gasteiger partial charge in [0.15, 0.2) is 5.78 Å². The summed E-state index contributed by atoms with van der Waals surface area (Å²) in [6.07, 6.45) is 0. The van der Waals surface area contributed by atoms with Gasteiger partial charge in [-0.05, 0) is 26.1 Å². The molecule has 2 aromatic carbocycles. The second-order valence-electron chi connectivity index (χ2n) is 6.56. The van der Waals surface area contributed by atoms with Crippen LogP contribution < -0.4 is 19.9 Å². The van der Waals surface area contributed by atoms with Crippen LogP contribution >= 0.6 is 0 Å². The van der Waals surface area contributed by atoms with E-state index in [0.717, 1.165) is 25.2 Å². The first kappa shape index (κ1) is 20.0. The zero-order chi connectivity index (χ0) is 20.3. The maximum atomic E-state index is 13.1. The predicted molar refractivity (Wildman–Crippen MR) is 111 cm³/mol. The van der Waals surface area contributed by atoms with Crippen LogP contribution in [0.3, 0.4) is 0 Å². The fourth-order valence-corrected chi connectivity index (χ4v) is 3.63. The number of carbonyl (C=O) groups excluding carboxylic acids is 1. The number of anilines is 1. The molecule has 3 rings (SSSR count). The van der Waals surface area contributed by atoms with Crippen LogP contribution in [0.1, 0.15) is 36.7 Å². The van der Waals surface area contributed by atoms with Crippen molar-refractivity contribution in [2.75, 3.05) is 45.7 Å². The number of carbonyl (C=O) groups is 1. The maximum absolute atomic E-state index is 13.1. The first-order valence-electron chi connectivity index (χ1n) is 9.73. The monoisotopic (exact) mass is 384 g/mol. The van der Waals surface area contributed by atoms with Crippen LogP contribution in [0.15, 0.2) is 24.3 Å². The number of methoxy groups -OCH3 is 1. The van der Waals surface area contributed by atoms with Gasteiger partial charge in [0.25, 0.3) is 0 Å². The van der Waals surface area contributed by atoms with Gasteiger partial charge >= 0.3 is 0 Å². The van der Waals surface area contributed by atoms with E-state index < -0.39 is 0 Å². The summed E-state index contributed by atoms with van der Waals surface area (Å²) < 4.78 is 17.3. The van der Waals surface area contributed by atoms with E-state index in [1.165, 1.54) is 7.11 Å². The molecule has 0 aliphatic heterocycles. The molecule has 1 aliphatic carbocycles. The van der Waals surface area contributed by atoms with Crippen molar-refractivity contribution in [3.63, 3.8) is 0 Å². The summed E-state index contributed by atoms with van der Waals surface area (Å²) in [6.45, 7) is 9.93. The van der Waals surface area contributed by atoms with E-state index in [4.69, 9.17) is 19.9 Å². The number of hydrogen-bond donors (Lipinski definition) is 1. The van der Waals surface area contributed by atoms with Crippen molar-refractivity contribution >= 4 is 11.5 Å². The highest BCUT2D eigenvalue weighted by molar-refractivity contribution is 6.26. The summed E-state index contributed by atoms with van der Waals surface area (Å²) in [7, 11) is 1.53. The molecule has 0 saturated carbocycles. The summed E-state index contributed by atoms with van der Waals surface area (Å²) in [4.78, 5) is 15.4. The Hall–Kier alpha value is -2.73. The topological polar surface area (TPSA) is 74.0 Å². The Morgan fingerprint density at radius 1 is 0.964 bits per heavy atom. The van der Waals surface area contributed by atoms with Gasteiger partial charge in [0.2, 0.25) is 0 Å². The molecule has 28 heavy (non-hydrogen) atoms. The molecule has 0 radical (unpaired) electrons. The minimum atomic E-state index is -0.128. The van der Waals surface area contributed by atoms with Gasteiger partial charge in [-0.25, -0.2) is 0 Å². The predicted octanol–water partition coefficient (Wildman–Crippen LogP) is 3.61. The van der Waals surface area contributed by atoms with E-state index in [1.807, 2.05) is 19.1 Å². The Kier molecular flexibility index (Phi) is 6.09. The van der Waals surface area contributed by atoms with Crippen LogP contribution in [0.5, 0.6) is 17.2 Å². The Morgan fingerprint density at radius 2 is 1.71 bits per heavy atom. The van der Waals surface area contributed by atoms with E-state index >= 15 is 0 Å². The minimum absolute atomic E-state index is 0.128. The van der Waals surface area contributed by atoms with Gasteiger partial charge in [0.1, 0.15) is 23.9 Å². The van der Waals surface area contributed by atoms with E-state index in [1.54, 1.807) is 12.1 Å². The van der Waals surface area contributed by atoms with E-state index in [-0.39, 0.29) is 5.78 Å². The van der Waals surface area contributed by atoms with Crippen LogP contribution in [-0.4, -0.2) is 50.6 Å². The third-order valence-electron chi connectivity index (χ3n) is 5.12. The largest absolute Gasteiger partial charge is 0.494 e.